The second kappa shape index (κ2) is 4.17. The Kier molecular flexibility index (Phi) is 2.91. The quantitative estimate of drug-likeness (QED) is 0.643. The van der Waals surface area contributed by atoms with Gasteiger partial charge in [0.1, 0.15) is 5.60 Å². The standard InChI is InChI=1S/C10H20N2O2/c1-10(2,3)14-9(13)12-6-4-8(11)5-7-12/h8H,4-7,11H2,1-3H3/i6D. The van der Waals surface area contributed by atoms with Crippen molar-refractivity contribution in [1.29, 1.82) is 0 Å². The molecule has 0 radical (unpaired) electrons. The van der Waals surface area contributed by atoms with E-state index in [0.29, 0.717) is 13.0 Å². The Hall–Kier alpha value is -0.770. The molecule has 2 atom stereocenters. The van der Waals surface area contributed by atoms with Gasteiger partial charge >= 0.3 is 6.09 Å². The molecule has 1 saturated heterocycles. The highest BCUT2D eigenvalue weighted by molar-refractivity contribution is 5.68. The minimum absolute atomic E-state index is 0.0335. The third-order valence-corrected chi connectivity index (χ3v) is 2.00. The SMILES string of the molecule is [2H]C1CC(N)CCN1C(=O)OC(C)(C)C. The van der Waals surface area contributed by atoms with Crippen molar-refractivity contribution in [2.45, 2.75) is 45.3 Å². The molecular formula is C10H20N2O2. The van der Waals surface area contributed by atoms with Crippen LogP contribution in [-0.2, 0) is 4.74 Å². The van der Waals surface area contributed by atoms with E-state index in [9.17, 15) is 4.79 Å². The number of hydrogen-bond acceptors (Lipinski definition) is 3. The Morgan fingerprint density at radius 3 is 2.71 bits per heavy atom. The largest absolute Gasteiger partial charge is 0.444 e. The first-order valence-electron chi connectivity index (χ1n) is 5.55. The van der Waals surface area contributed by atoms with Gasteiger partial charge in [-0.3, -0.25) is 0 Å². The van der Waals surface area contributed by atoms with E-state index in [-0.39, 0.29) is 6.04 Å². The second-order valence-corrected chi connectivity index (χ2v) is 4.64. The molecule has 1 aliphatic rings. The number of ether oxygens (including phenoxy) is 1. The van der Waals surface area contributed by atoms with Crippen molar-refractivity contribution in [3.63, 3.8) is 0 Å². The van der Waals surface area contributed by atoms with Gasteiger partial charge in [0, 0.05) is 20.5 Å². The fourth-order valence-corrected chi connectivity index (χ4v) is 1.26. The van der Waals surface area contributed by atoms with Crippen LogP contribution in [0.3, 0.4) is 0 Å². The van der Waals surface area contributed by atoms with Crippen LogP contribution in [0.5, 0.6) is 0 Å². The third kappa shape index (κ3) is 3.54. The summed E-state index contributed by atoms with van der Waals surface area (Å²) in [5.41, 5.74) is 5.21. The van der Waals surface area contributed by atoms with Gasteiger partial charge in [0.2, 0.25) is 0 Å². The van der Waals surface area contributed by atoms with Crippen LogP contribution >= 0.6 is 0 Å². The van der Waals surface area contributed by atoms with E-state index in [1.807, 2.05) is 20.8 Å². The van der Waals surface area contributed by atoms with Crippen molar-refractivity contribution in [2.24, 2.45) is 5.73 Å². The first kappa shape index (κ1) is 9.77. The second-order valence-electron chi connectivity index (χ2n) is 4.64. The maximum absolute atomic E-state index is 11.7. The highest BCUT2D eigenvalue weighted by atomic mass is 16.6. The Balaban J connectivity index is 2.53. The number of hydrogen-bond donors (Lipinski definition) is 1. The molecule has 0 aromatic rings. The lowest BCUT2D eigenvalue weighted by molar-refractivity contribution is 0.0207. The van der Waals surface area contributed by atoms with Crippen molar-refractivity contribution in [3.05, 3.63) is 0 Å². The van der Waals surface area contributed by atoms with Crippen LogP contribution in [-0.4, -0.2) is 35.7 Å². The zero-order valence-electron chi connectivity index (χ0n) is 10.1. The summed E-state index contributed by atoms with van der Waals surface area (Å²) in [5.74, 6) is 0. The molecule has 0 bridgehead atoms. The molecule has 4 heteroatoms. The van der Waals surface area contributed by atoms with Crippen LogP contribution < -0.4 is 5.73 Å². The lowest BCUT2D eigenvalue weighted by Crippen LogP contribution is -2.44. The molecule has 0 aliphatic carbocycles. The third-order valence-electron chi connectivity index (χ3n) is 2.00. The average molecular weight is 201 g/mol. The van der Waals surface area contributed by atoms with E-state index in [0.717, 1.165) is 6.42 Å². The first-order valence-corrected chi connectivity index (χ1v) is 4.97. The number of likely N-dealkylation sites (tertiary alicyclic amines) is 1. The van der Waals surface area contributed by atoms with Crippen LogP contribution in [0.2, 0.25) is 0 Å². The molecule has 0 spiro atoms. The van der Waals surface area contributed by atoms with Gasteiger partial charge in [-0.2, -0.15) is 0 Å². The number of nitrogens with two attached hydrogens (primary N) is 1. The normalized spacial score (nSPS) is 29.7. The zero-order chi connectivity index (χ0) is 11.6. The molecule has 1 amide bonds. The van der Waals surface area contributed by atoms with Gasteiger partial charge in [0.05, 0.1) is 0 Å². The van der Waals surface area contributed by atoms with Gasteiger partial charge < -0.3 is 15.4 Å². The van der Waals surface area contributed by atoms with Crippen molar-refractivity contribution in [1.82, 2.24) is 4.90 Å². The number of piperidine rings is 1. The molecule has 1 aliphatic heterocycles. The average Bonchev–Trinajstić information content (AvgIpc) is 1.99. The summed E-state index contributed by atoms with van der Waals surface area (Å²) >= 11 is 0. The van der Waals surface area contributed by atoms with Gasteiger partial charge in [-0.25, -0.2) is 4.79 Å². The molecule has 1 fully saturated rings. The highest BCUT2D eigenvalue weighted by Crippen LogP contribution is 2.14. The van der Waals surface area contributed by atoms with Crippen LogP contribution in [0.25, 0.3) is 0 Å². The smallest absolute Gasteiger partial charge is 0.410 e. The first-order chi connectivity index (χ1) is 6.79. The predicted octanol–water partition coefficient (Wildman–Crippen LogP) is 1.34. The molecule has 1 rings (SSSR count). The molecular weight excluding hydrogens is 180 g/mol. The maximum atomic E-state index is 11.7. The predicted molar refractivity (Wildman–Crippen MR) is 55.0 cm³/mol. The molecule has 0 aromatic carbocycles. The van der Waals surface area contributed by atoms with E-state index in [1.165, 1.54) is 4.90 Å². The number of rotatable bonds is 0. The number of carbonyl (C=O) groups excluding carboxylic acids is 1. The van der Waals surface area contributed by atoms with Crippen molar-refractivity contribution in [3.8, 4) is 0 Å². The maximum Gasteiger partial charge on any atom is 0.410 e. The summed E-state index contributed by atoms with van der Waals surface area (Å²) in [6.07, 6.45) is 0.864. The van der Waals surface area contributed by atoms with E-state index in [4.69, 9.17) is 11.8 Å². The van der Waals surface area contributed by atoms with E-state index in [1.54, 1.807) is 0 Å². The topological polar surface area (TPSA) is 55.6 Å². The van der Waals surface area contributed by atoms with E-state index in [2.05, 4.69) is 0 Å². The summed E-state index contributed by atoms with van der Waals surface area (Å²) in [4.78, 5) is 13.1. The number of nitrogens with zero attached hydrogens (tertiary/aromatic N) is 1. The molecule has 14 heavy (non-hydrogen) atoms. The Morgan fingerprint density at radius 1 is 1.57 bits per heavy atom. The highest BCUT2D eigenvalue weighted by Gasteiger charge is 2.25. The lowest BCUT2D eigenvalue weighted by Gasteiger charge is -2.32. The van der Waals surface area contributed by atoms with Crippen LogP contribution in [0.1, 0.15) is 35.0 Å². The molecule has 2 unspecified atom stereocenters. The van der Waals surface area contributed by atoms with Gasteiger partial charge in [-0.1, -0.05) is 0 Å². The summed E-state index contributed by atoms with van der Waals surface area (Å²) in [6, 6.07) is 0.0335. The molecule has 4 nitrogen and oxygen atoms in total. The fraction of sp³-hybridized carbons (Fsp3) is 0.900. The van der Waals surface area contributed by atoms with Gasteiger partial charge in [-0.15, -0.1) is 0 Å². The van der Waals surface area contributed by atoms with E-state index < -0.39 is 18.2 Å². The van der Waals surface area contributed by atoms with Crippen molar-refractivity contribution in [2.75, 3.05) is 13.1 Å². The Labute approximate surface area is 86.8 Å². The molecule has 0 saturated carbocycles. The summed E-state index contributed by atoms with van der Waals surface area (Å²) in [7, 11) is 0. The van der Waals surface area contributed by atoms with Gasteiger partial charge in [0.15, 0.2) is 0 Å². The van der Waals surface area contributed by atoms with E-state index >= 15 is 0 Å². The number of carbonyl (C=O) groups is 1. The molecule has 82 valence electrons. The Morgan fingerprint density at radius 2 is 2.21 bits per heavy atom. The number of amides is 1. The summed E-state index contributed by atoms with van der Waals surface area (Å²) in [6.45, 7) is 5.41. The van der Waals surface area contributed by atoms with Gasteiger partial charge in [0.25, 0.3) is 0 Å². The summed E-state index contributed by atoms with van der Waals surface area (Å²) in [5, 5.41) is 0. The van der Waals surface area contributed by atoms with Crippen molar-refractivity contribution >= 4 is 6.09 Å². The van der Waals surface area contributed by atoms with Crippen LogP contribution in [0.15, 0.2) is 0 Å². The summed E-state index contributed by atoms with van der Waals surface area (Å²) < 4.78 is 13.0. The lowest BCUT2D eigenvalue weighted by atomic mass is 10.1. The zero-order valence-corrected chi connectivity index (χ0v) is 9.12. The minimum atomic E-state index is -0.566. The van der Waals surface area contributed by atoms with Gasteiger partial charge in [-0.05, 0) is 33.6 Å². The van der Waals surface area contributed by atoms with Crippen LogP contribution in [0.4, 0.5) is 4.79 Å². The monoisotopic (exact) mass is 201 g/mol. The molecule has 0 aromatic heterocycles. The fourth-order valence-electron chi connectivity index (χ4n) is 1.26. The molecule has 1 heterocycles. The van der Waals surface area contributed by atoms with Crippen LogP contribution in [0, 0.1) is 0 Å². The molecule has 2 N–H and O–H groups in total. The minimum Gasteiger partial charge on any atom is -0.444 e. The van der Waals surface area contributed by atoms with Crippen molar-refractivity contribution < 1.29 is 10.9 Å². The Bertz CT molecular complexity index is 240.